The molecule has 0 bridgehead atoms. The Morgan fingerprint density at radius 2 is 2.08 bits per heavy atom. The highest BCUT2D eigenvalue weighted by Crippen LogP contribution is 2.35. The van der Waals surface area contributed by atoms with Crippen LogP contribution in [0.25, 0.3) is 11.7 Å². The number of aromatic nitrogens is 2. The van der Waals surface area contributed by atoms with E-state index in [9.17, 15) is 9.59 Å². The SMILES string of the molecule is COc1cc(NC(=O)Cn2nc(-c3ccco3)oc2=O)c(OC)cc1Cl. The third kappa shape index (κ3) is 3.57. The summed E-state index contributed by atoms with van der Waals surface area (Å²) in [4.78, 5) is 24.1. The van der Waals surface area contributed by atoms with Crippen molar-refractivity contribution in [3.8, 4) is 23.1 Å². The van der Waals surface area contributed by atoms with Gasteiger partial charge in [-0.1, -0.05) is 11.6 Å². The Balaban J connectivity index is 1.79. The van der Waals surface area contributed by atoms with Gasteiger partial charge in [-0.3, -0.25) is 4.79 Å². The molecule has 0 saturated carbocycles. The molecule has 0 spiro atoms. The monoisotopic (exact) mass is 379 g/mol. The van der Waals surface area contributed by atoms with Crippen LogP contribution in [0.2, 0.25) is 5.02 Å². The molecule has 2 heterocycles. The summed E-state index contributed by atoms with van der Waals surface area (Å²) in [6.45, 7) is -0.364. The van der Waals surface area contributed by atoms with Crippen LogP contribution in [0.15, 0.2) is 44.2 Å². The fourth-order valence-electron chi connectivity index (χ4n) is 2.19. The maximum absolute atomic E-state index is 12.3. The van der Waals surface area contributed by atoms with Crippen LogP contribution >= 0.6 is 11.6 Å². The first kappa shape index (κ1) is 17.6. The molecule has 1 amide bonds. The predicted molar refractivity (Wildman–Crippen MR) is 91.7 cm³/mol. The van der Waals surface area contributed by atoms with E-state index in [-0.39, 0.29) is 18.2 Å². The zero-order valence-corrected chi connectivity index (χ0v) is 14.6. The summed E-state index contributed by atoms with van der Waals surface area (Å²) >= 11 is 6.02. The second kappa shape index (κ2) is 7.36. The second-order valence-electron chi connectivity index (χ2n) is 5.04. The molecule has 0 atom stereocenters. The number of anilines is 1. The van der Waals surface area contributed by atoms with Crippen molar-refractivity contribution in [3.63, 3.8) is 0 Å². The summed E-state index contributed by atoms with van der Waals surface area (Å²) in [7, 11) is 2.88. The minimum atomic E-state index is -0.785. The Morgan fingerprint density at radius 3 is 2.73 bits per heavy atom. The number of carbonyl (C=O) groups is 1. The van der Waals surface area contributed by atoms with Crippen LogP contribution in [0.1, 0.15) is 0 Å². The molecular formula is C16H14ClN3O6. The van der Waals surface area contributed by atoms with Gasteiger partial charge in [0.1, 0.15) is 18.0 Å². The van der Waals surface area contributed by atoms with Gasteiger partial charge in [-0.05, 0) is 12.1 Å². The number of methoxy groups -OCH3 is 2. The number of hydrogen-bond acceptors (Lipinski definition) is 7. The highest BCUT2D eigenvalue weighted by Gasteiger charge is 2.17. The van der Waals surface area contributed by atoms with Crippen molar-refractivity contribution in [1.29, 1.82) is 0 Å². The number of halogens is 1. The van der Waals surface area contributed by atoms with Crippen molar-refractivity contribution in [1.82, 2.24) is 9.78 Å². The van der Waals surface area contributed by atoms with Crippen molar-refractivity contribution < 1.29 is 23.1 Å². The average molecular weight is 380 g/mol. The summed E-state index contributed by atoms with van der Waals surface area (Å²) in [5.41, 5.74) is 0.335. The third-order valence-corrected chi connectivity index (χ3v) is 3.67. The molecule has 1 aromatic carbocycles. The fraction of sp³-hybridized carbons (Fsp3) is 0.188. The first-order valence-corrected chi connectivity index (χ1v) is 7.73. The van der Waals surface area contributed by atoms with Crippen LogP contribution in [0.4, 0.5) is 5.69 Å². The molecule has 0 aliphatic rings. The molecule has 2 aromatic heterocycles. The first-order valence-electron chi connectivity index (χ1n) is 7.35. The molecule has 0 radical (unpaired) electrons. The van der Waals surface area contributed by atoms with Crippen LogP contribution in [0.3, 0.4) is 0 Å². The van der Waals surface area contributed by atoms with Gasteiger partial charge in [0, 0.05) is 12.1 Å². The number of nitrogens with zero attached hydrogens (tertiary/aromatic N) is 2. The van der Waals surface area contributed by atoms with E-state index in [1.807, 2.05) is 0 Å². The lowest BCUT2D eigenvalue weighted by molar-refractivity contribution is -0.117. The molecule has 0 unspecified atom stereocenters. The van der Waals surface area contributed by atoms with E-state index < -0.39 is 11.7 Å². The largest absolute Gasteiger partial charge is 0.495 e. The fourth-order valence-corrected chi connectivity index (χ4v) is 2.42. The smallest absolute Gasteiger partial charge is 0.437 e. The maximum Gasteiger partial charge on any atom is 0.437 e. The minimum absolute atomic E-state index is 0.0152. The number of rotatable bonds is 6. The Kier molecular flexibility index (Phi) is 4.99. The molecule has 0 fully saturated rings. The Bertz CT molecular complexity index is 977. The number of nitrogens with one attached hydrogen (secondary N) is 1. The van der Waals surface area contributed by atoms with E-state index in [2.05, 4.69) is 10.4 Å². The van der Waals surface area contributed by atoms with Gasteiger partial charge in [-0.15, -0.1) is 5.10 Å². The number of benzene rings is 1. The van der Waals surface area contributed by atoms with Gasteiger partial charge in [-0.2, -0.15) is 4.68 Å². The molecule has 0 aliphatic heterocycles. The van der Waals surface area contributed by atoms with Crippen molar-refractivity contribution in [3.05, 3.63) is 46.1 Å². The quantitative estimate of drug-likeness (QED) is 0.700. The van der Waals surface area contributed by atoms with Gasteiger partial charge in [0.2, 0.25) is 5.91 Å². The number of hydrogen-bond donors (Lipinski definition) is 1. The van der Waals surface area contributed by atoms with Crippen LogP contribution in [-0.4, -0.2) is 29.9 Å². The van der Waals surface area contributed by atoms with E-state index in [4.69, 9.17) is 29.9 Å². The molecule has 3 aromatic rings. The van der Waals surface area contributed by atoms with Crippen molar-refractivity contribution in [2.75, 3.05) is 19.5 Å². The van der Waals surface area contributed by atoms with E-state index in [1.54, 1.807) is 12.1 Å². The molecule has 1 N–H and O–H groups in total. The Morgan fingerprint density at radius 1 is 1.31 bits per heavy atom. The highest BCUT2D eigenvalue weighted by molar-refractivity contribution is 6.32. The van der Waals surface area contributed by atoms with Gasteiger partial charge in [0.15, 0.2) is 5.76 Å². The lowest BCUT2D eigenvalue weighted by Crippen LogP contribution is -2.26. The standard InChI is InChI=1S/C16H14ClN3O6/c1-23-12-7-10(13(24-2)6-9(12)17)18-14(21)8-20-16(22)26-15(19-20)11-4-3-5-25-11/h3-7H,8H2,1-2H3,(H,18,21). The highest BCUT2D eigenvalue weighted by atomic mass is 35.5. The van der Waals surface area contributed by atoms with Gasteiger partial charge in [-0.25, -0.2) is 4.79 Å². The molecular weight excluding hydrogens is 366 g/mol. The van der Waals surface area contributed by atoms with Crippen molar-refractivity contribution >= 4 is 23.2 Å². The zero-order chi connectivity index (χ0) is 18.7. The molecule has 136 valence electrons. The Hall–Kier alpha value is -3.20. The number of ether oxygens (including phenoxy) is 2. The molecule has 0 aliphatic carbocycles. The lowest BCUT2D eigenvalue weighted by Gasteiger charge is -2.12. The zero-order valence-electron chi connectivity index (χ0n) is 13.8. The van der Waals surface area contributed by atoms with Crippen LogP contribution in [0, 0.1) is 0 Å². The Labute approximate surface area is 152 Å². The van der Waals surface area contributed by atoms with Crippen molar-refractivity contribution in [2.24, 2.45) is 0 Å². The van der Waals surface area contributed by atoms with Crippen LogP contribution < -0.4 is 20.5 Å². The summed E-state index contributed by atoms with van der Waals surface area (Å²) in [6.07, 6.45) is 1.42. The normalized spacial score (nSPS) is 10.6. The van der Waals surface area contributed by atoms with Gasteiger partial charge in [0.05, 0.1) is 31.2 Å². The minimum Gasteiger partial charge on any atom is -0.495 e. The summed E-state index contributed by atoms with van der Waals surface area (Å²) in [5, 5.41) is 6.88. The lowest BCUT2D eigenvalue weighted by atomic mass is 10.2. The number of carbonyl (C=O) groups excluding carboxylic acids is 1. The van der Waals surface area contributed by atoms with Gasteiger partial charge >= 0.3 is 5.76 Å². The second-order valence-corrected chi connectivity index (χ2v) is 5.45. The molecule has 10 heteroatoms. The number of amides is 1. The summed E-state index contributed by atoms with van der Waals surface area (Å²) < 4.78 is 21.3. The van der Waals surface area contributed by atoms with E-state index in [0.29, 0.717) is 22.2 Å². The van der Waals surface area contributed by atoms with Gasteiger partial charge < -0.3 is 23.6 Å². The average Bonchev–Trinajstić information content (AvgIpc) is 3.26. The maximum atomic E-state index is 12.3. The summed E-state index contributed by atoms with van der Waals surface area (Å²) in [6, 6.07) is 6.23. The molecule has 26 heavy (non-hydrogen) atoms. The van der Waals surface area contributed by atoms with E-state index in [1.165, 1.54) is 32.6 Å². The molecule has 0 saturated heterocycles. The number of furan rings is 1. The molecule has 9 nitrogen and oxygen atoms in total. The van der Waals surface area contributed by atoms with Crippen LogP contribution in [0.5, 0.6) is 11.5 Å². The van der Waals surface area contributed by atoms with Crippen LogP contribution in [-0.2, 0) is 11.3 Å². The van der Waals surface area contributed by atoms with Crippen molar-refractivity contribution in [2.45, 2.75) is 6.54 Å². The predicted octanol–water partition coefficient (Wildman–Crippen LogP) is 2.41. The van der Waals surface area contributed by atoms with E-state index in [0.717, 1.165) is 4.68 Å². The topological polar surface area (TPSA) is 109 Å². The summed E-state index contributed by atoms with van der Waals surface area (Å²) in [5.74, 6) is -0.334. The van der Waals surface area contributed by atoms with Gasteiger partial charge in [0.25, 0.3) is 5.89 Å². The van der Waals surface area contributed by atoms with E-state index >= 15 is 0 Å². The molecule has 3 rings (SSSR count). The first-order chi connectivity index (χ1) is 12.5. The third-order valence-electron chi connectivity index (χ3n) is 3.38.